The number of benzene rings is 2. The highest BCUT2D eigenvalue weighted by atomic mass is 16.5. The van der Waals surface area contributed by atoms with E-state index in [-0.39, 0.29) is 7.53 Å². The molecular weight excluding hydrogens is 262 g/mol. The zero-order valence-corrected chi connectivity index (χ0v) is 13.3. The molecule has 0 fully saturated rings. The van der Waals surface area contributed by atoms with Crippen LogP contribution in [-0.2, 0) is 11.3 Å². The molecule has 2 rings (SSSR count). The summed E-state index contributed by atoms with van der Waals surface area (Å²) >= 11 is 0. The molecule has 2 aromatic carbocycles. The Bertz CT molecular complexity index is 527. The molecule has 2 N–H and O–H groups in total. The molecule has 0 aromatic heterocycles. The van der Waals surface area contributed by atoms with E-state index in [1.807, 2.05) is 70.2 Å². The maximum atomic E-state index is 5.72. The first kappa shape index (κ1) is 17.1. The van der Waals surface area contributed by atoms with Crippen molar-refractivity contribution in [1.29, 1.82) is 0 Å². The second-order valence-corrected chi connectivity index (χ2v) is 4.68. The molecule has 3 nitrogen and oxygen atoms in total. The molecule has 0 aliphatic heterocycles. The molecule has 0 bridgehead atoms. The Morgan fingerprint density at radius 2 is 1.67 bits per heavy atom. The average molecular weight is 289 g/mol. The molecule has 0 amide bonds. The van der Waals surface area contributed by atoms with E-state index in [1.54, 1.807) is 6.07 Å². The highest BCUT2D eigenvalue weighted by molar-refractivity contribution is 5.45. The van der Waals surface area contributed by atoms with Gasteiger partial charge in [-0.25, -0.2) is 0 Å². The van der Waals surface area contributed by atoms with Gasteiger partial charge in [0, 0.05) is 13.2 Å². The normalized spacial score (nSPS) is 9.95. The summed E-state index contributed by atoms with van der Waals surface area (Å²) in [6.07, 6.45) is 0.239. The predicted octanol–water partition coefficient (Wildman–Crippen LogP) is 5.26. The summed E-state index contributed by atoms with van der Waals surface area (Å²) in [7, 11) is 0. The van der Waals surface area contributed by atoms with Gasteiger partial charge in [0.05, 0.1) is 12.7 Å². The first-order chi connectivity index (χ1) is 10.1. The van der Waals surface area contributed by atoms with Gasteiger partial charge in [-0.05, 0) is 43.7 Å². The van der Waals surface area contributed by atoms with Gasteiger partial charge < -0.3 is 15.2 Å². The van der Waals surface area contributed by atoms with Gasteiger partial charge in [0.25, 0.3) is 0 Å². The van der Waals surface area contributed by atoms with Crippen LogP contribution in [0.2, 0.25) is 0 Å². The van der Waals surface area contributed by atoms with Gasteiger partial charge in [0.15, 0.2) is 0 Å². The van der Waals surface area contributed by atoms with Gasteiger partial charge in [-0.15, -0.1) is 0 Å². The van der Waals surface area contributed by atoms with Crippen molar-refractivity contribution in [3.8, 4) is 11.5 Å². The third-order valence-corrected chi connectivity index (χ3v) is 2.60. The van der Waals surface area contributed by atoms with Crippen molar-refractivity contribution in [2.24, 2.45) is 0 Å². The van der Waals surface area contributed by atoms with E-state index in [0.29, 0.717) is 12.3 Å². The fraction of sp³-hybridized carbons (Fsp3) is 0.333. The zero-order chi connectivity index (χ0) is 15.7. The molecule has 0 spiro atoms. The van der Waals surface area contributed by atoms with Crippen LogP contribution in [0.15, 0.2) is 48.5 Å². The second-order valence-electron chi connectivity index (χ2n) is 4.68. The summed E-state index contributed by atoms with van der Waals surface area (Å²) < 4.78 is 11.3. The quantitative estimate of drug-likeness (QED) is 0.764. The van der Waals surface area contributed by atoms with E-state index in [0.717, 1.165) is 17.1 Å². The van der Waals surface area contributed by atoms with Gasteiger partial charge in [-0.2, -0.15) is 0 Å². The lowest BCUT2D eigenvalue weighted by molar-refractivity contribution is 0.0657. The highest BCUT2D eigenvalue weighted by Gasteiger charge is 2.00. The van der Waals surface area contributed by atoms with Crippen molar-refractivity contribution in [2.75, 3.05) is 5.73 Å². The van der Waals surface area contributed by atoms with Gasteiger partial charge in [-0.1, -0.05) is 32.0 Å². The highest BCUT2D eigenvalue weighted by Crippen LogP contribution is 2.23. The van der Waals surface area contributed by atoms with Crippen molar-refractivity contribution >= 4 is 5.69 Å². The van der Waals surface area contributed by atoms with Crippen molar-refractivity contribution in [2.45, 2.75) is 40.4 Å². The average Bonchev–Trinajstić information content (AvgIpc) is 2.49. The van der Waals surface area contributed by atoms with Crippen LogP contribution >= 0.6 is 0 Å². The van der Waals surface area contributed by atoms with Gasteiger partial charge in [0.1, 0.15) is 11.5 Å². The standard InChI is InChI=1S/C16H19NO2.C2H6.H2/c1-12(2)18-11-13-6-8-15(9-7-13)19-16-5-3-4-14(17)10-16;1-2;/h3-10,12H,11,17H2,1-2H3;1-2H3;1H. The number of nitrogens with two attached hydrogens (primary N) is 1. The van der Waals surface area contributed by atoms with Crippen LogP contribution in [0.5, 0.6) is 11.5 Å². The summed E-state index contributed by atoms with van der Waals surface area (Å²) in [6.45, 7) is 8.67. The summed E-state index contributed by atoms with van der Waals surface area (Å²) in [5, 5.41) is 0. The summed E-state index contributed by atoms with van der Waals surface area (Å²) in [5.74, 6) is 1.53. The van der Waals surface area contributed by atoms with Crippen LogP contribution in [-0.4, -0.2) is 6.10 Å². The smallest absolute Gasteiger partial charge is 0.129 e. The molecule has 0 aliphatic carbocycles. The van der Waals surface area contributed by atoms with Crippen molar-refractivity contribution < 1.29 is 10.9 Å². The maximum absolute atomic E-state index is 5.72. The van der Waals surface area contributed by atoms with E-state index in [9.17, 15) is 0 Å². The lowest BCUT2D eigenvalue weighted by atomic mass is 10.2. The minimum atomic E-state index is 0. The van der Waals surface area contributed by atoms with Crippen LogP contribution in [0.3, 0.4) is 0 Å². The van der Waals surface area contributed by atoms with E-state index in [4.69, 9.17) is 15.2 Å². The first-order valence-electron chi connectivity index (χ1n) is 7.37. The van der Waals surface area contributed by atoms with E-state index in [2.05, 4.69) is 0 Å². The number of anilines is 1. The Hall–Kier alpha value is -2.00. The molecule has 21 heavy (non-hydrogen) atoms. The number of rotatable bonds is 5. The Balaban J connectivity index is 0.00000141. The minimum Gasteiger partial charge on any atom is -0.457 e. The molecule has 0 aliphatic rings. The van der Waals surface area contributed by atoms with Crippen LogP contribution in [0.4, 0.5) is 5.69 Å². The lowest BCUT2D eigenvalue weighted by Crippen LogP contribution is -2.01. The topological polar surface area (TPSA) is 44.5 Å². The lowest BCUT2D eigenvalue weighted by Gasteiger charge is -2.09. The Morgan fingerprint density at radius 1 is 1.00 bits per heavy atom. The number of ether oxygens (including phenoxy) is 2. The van der Waals surface area contributed by atoms with Gasteiger partial charge in [-0.3, -0.25) is 0 Å². The van der Waals surface area contributed by atoms with Crippen molar-refractivity contribution in [3.63, 3.8) is 0 Å². The Morgan fingerprint density at radius 3 is 2.24 bits per heavy atom. The van der Waals surface area contributed by atoms with Crippen LogP contribution < -0.4 is 10.5 Å². The molecular formula is C18H27NO2. The molecule has 2 aromatic rings. The molecule has 0 radical (unpaired) electrons. The molecule has 0 atom stereocenters. The predicted molar refractivity (Wildman–Crippen MR) is 90.8 cm³/mol. The zero-order valence-electron chi connectivity index (χ0n) is 13.3. The number of hydrogen-bond acceptors (Lipinski definition) is 3. The molecule has 0 saturated heterocycles. The van der Waals surface area contributed by atoms with Crippen LogP contribution in [0.25, 0.3) is 0 Å². The van der Waals surface area contributed by atoms with E-state index < -0.39 is 0 Å². The van der Waals surface area contributed by atoms with E-state index in [1.165, 1.54) is 0 Å². The van der Waals surface area contributed by atoms with Gasteiger partial charge in [0.2, 0.25) is 0 Å². The van der Waals surface area contributed by atoms with Crippen LogP contribution in [0, 0.1) is 0 Å². The fourth-order valence-corrected chi connectivity index (χ4v) is 1.63. The maximum Gasteiger partial charge on any atom is 0.129 e. The second kappa shape index (κ2) is 9.03. The number of nitrogen functional groups attached to an aromatic ring is 1. The minimum absolute atomic E-state index is 0. The van der Waals surface area contributed by atoms with Crippen molar-refractivity contribution in [3.05, 3.63) is 54.1 Å². The Kier molecular flexibility index (Phi) is 7.33. The summed E-state index contributed by atoms with van der Waals surface area (Å²) in [4.78, 5) is 0. The fourth-order valence-electron chi connectivity index (χ4n) is 1.63. The third kappa shape index (κ3) is 6.32. The van der Waals surface area contributed by atoms with Gasteiger partial charge >= 0.3 is 0 Å². The molecule has 0 heterocycles. The van der Waals surface area contributed by atoms with Crippen LogP contribution in [0.1, 0.15) is 34.7 Å². The molecule has 3 heteroatoms. The summed E-state index contributed by atoms with van der Waals surface area (Å²) in [6, 6.07) is 15.3. The monoisotopic (exact) mass is 289 g/mol. The molecule has 0 saturated carbocycles. The summed E-state index contributed by atoms with van der Waals surface area (Å²) in [5.41, 5.74) is 7.53. The molecule has 116 valence electrons. The third-order valence-electron chi connectivity index (χ3n) is 2.60. The van der Waals surface area contributed by atoms with Crippen molar-refractivity contribution in [1.82, 2.24) is 0 Å². The molecule has 0 unspecified atom stereocenters. The van der Waals surface area contributed by atoms with E-state index >= 15 is 0 Å². The number of hydrogen-bond donors (Lipinski definition) is 1. The largest absolute Gasteiger partial charge is 0.457 e. The Labute approximate surface area is 129 Å². The first-order valence-corrected chi connectivity index (χ1v) is 7.37. The SMILES string of the molecule is CC.CC(C)OCc1ccc(Oc2cccc(N)c2)cc1.[HH].